The number of carbonyl (C=O) groups excluding carboxylic acids is 2. The van der Waals surface area contributed by atoms with Crippen LogP contribution in [0.25, 0.3) is 0 Å². The highest BCUT2D eigenvalue weighted by atomic mass is 16.2. The lowest BCUT2D eigenvalue weighted by Gasteiger charge is -2.20. The van der Waals surface area contributed by atoms with Crippen molar-refractivity contribution in [1.29, 1.82) is 0 Å². The molecule has 0 radical (unpaired) electrons. The summed E-state index contributed by atoms with van der Waals surface area (Å²) >= 11 is 0. The van der Waals surface area contributed by atoms with Crippen molar-refractivity contribution in [2.75, 3.05) is 25.0 Å². The minimum Gasteiger partial charge on any atom is -0.373 e. The molecule has 0 aliphatic heterocycles. The van der Waals surface area contributed by atoms with Gasteiger partial charge in [-0.25, -0.2) is 0 Å². The van der Waals surface area contributed by atoms with Crippen LogP contribution in [0.15, 0.2) is 30.3 Å². The van der Waals surface area contributed by atoms with Gasteiger partial charge in [0.25, 0.3) is 0 Å². The van der Waals surface area contributed by atoms with Crippen LogP contribution in [0.2, 0.25) is 0 Å². The maximum atomic E-state index is 11.5. The molecule has 1 atom stereocenters. The second kappa shape index (κ2) is 7.38. The second-order valence-electron chi connectivity index (χ2n) is 4.33. The largest absolute Gasteiger partial charge is 0.373 e. The van der Waals surface area contributed by atoms with E-state index in [0.29, 0.717) is 13.1 Å². The maximum absolute atomic E-state index is 11.5. The Bertz CT molecular complexity index is 422. The van der Waals surface area contributed by atoms with Crippen LogP contribution in [0.5, 0.6) is 0 Å². The molecule has 1 aromatic carbocycles. The van der Waals surface area contributed by atoms with Gasteiger partial charge in [-0.05, 0) is 12.1 Å². The van der Waals surface area contributed by atoms with Gasteiger partial charge in [-0.1, -0.05) is 18.2 Å². The Morgan fingerprint density at radius 1 is 1.32 bits per heavy atom. The van der Waals surface area contributed by atoms with Crippen molar-refractivity contribution >= 4 is 17.5 Å². The molecule has 0 saturated heterocycles. The first-order valence-corrected chi connectivity index (χ1v) is 6.08. The molecule has 1 aromatic rings. The number of nitrogens with zero attached hydrogens (tertiary/aromatic N) is 1. The van der Waals surface area contributed by atoms with E-state index in [-0.39, 0.29) is 12.3 Å². The second-order valence-corrected chi connectivity index (χ2v) is 4.33. The van der Waals surface area contributed by atoms with Crippen LogP contribution in [-0.4, -0.2) is 38.0 Å². The summed E-state index contributed by atoms with van der Waals surface area (Å²) in [5, 5.41) is 2.68. The van der Waals surface area contributed by atoms with Gasteiger partial charge in [0, 0.05) is 25.8 Å². The molecular formula is C13H20N4O2. The number of carbonyl (C=O) groups is 2. The molecule has 0 saturated carbocycles. The molecule has 6 heteroatoms. The van der Waals surface area contributed by atoms with Crippen LogP contribution in [0, 0.1) is 0 Å². The third kappa shape index (κ3) is 5.39. The highest BCUT2D eigenvalue weighted by Crippen LogP contribution is 2.09. The number of amides is 2. The van der Waals surface area contributed by atoms with Crippen molar-refractivity contribution in [1.82, 2.24) is 5.32 Å². The van der Waals surface area contributed by atoms with E-state index in [1.807, 2.05) is 42.3 Å². The Morgan fingerprint density at radius 3 is 2.53 bits per heavy atom. The summed E-state index contributed by atoms with van der Waals surface area (Å²) in [6.45, 7) is 1.11. The standard InChI is InChI=1S/C13H20N4O2/c1-17(10-5-3-2-4-6-10)8-7-16-13(19)11(14)9-12(15)18/h2-6,11H,7-9,14H2,1H3,(H2,15,18)(H,16,19). The Morgan fingerprint density at radius 2 is 1.95 bits per heavy atom. The molecule has 0 aliphatic carbocycles. The van der Waals surface area contributed by atoms with Gasteiger partial charge in [-0.15, -0.1) is 0 Å². The zero-order valence-electron chi connectivity index (χ0n) is 11.0. The van der Waals surface area contributed by atoms with Gasteiger partial charge in [0.15, 0.2) is 0 Å². The number of hydrogen-bond donors (Lipinski definition) is 3. The highest BCUT2D eigenvalue weighted by Gasteiger charge is 2.15. The van der Waals surface area contributed by atoms with Gasteiger partial charge in [-0.3, -0.25) is 9.59 Å². The number of hydrogen-bond acceptors (Lipinski definition) is 4. The van der Waals surface area contributed by atoms with E-state index in [1.54, 1.807) is 0 Å². The topological polar surface area (TPSA) is 101 Å². The monoisotopic (exact) mass is 264 g/mol. The fraction of sp³-hybridized carbons (Fsp3) is 0.385. The molecule has 0 aliphatic rings. The van der Waals surface area contributed by atoms with Crippen LogP contribution < -0.4 is 21.7 Å². The van der Waals surface area contributed by atoms with E-state index < -0.39 is 11.9 Å². The molecule has 1 unspecified atom stereocenters. The van der Waals surface area contributed by atoms with Gasteiger partial charge in [0.2, 0.25) is 11.8 Å². The summed E-state index contributed by atoms with van der Waals surface area (Å²) in [6, 6.07) is 8.95. The number of primary amides is 1. The highest BCUT2D eigenvalue weighted by molar-refractivity contribution is 5.87. The molecular weight excluding hydrogens is 244 g/mol. The lowest BCUT2D eigenvalue weighted by atomic mass is 10.2. The number of para-hydroxylation sites is 1. The number of anilines is 1. The van der Waals surface area contributed by atoms with Crippen molar-refractivity contribution in [2.45, 2.75) is 12.5 Å². The molecule has 2 amide bonds. The summed E-state index contributed by atoms with van der Waals surface area (Å²) in [7, 11) is 1.94. The third-order valence-electron chi connectivity index (χ3n) is 2.70. The lowest BCUT2D eigenvalue weighted by Crippen LogP contribution is -2.45. The van der Waals surface area contributed by atoms with E-state index >= 15 is 0 Å². The zero-order valence-corrected chi connectivity index (χ0v) is 11.0. The predicted molar refractivity (Wildman–Crippen MR) is 74.5 cm³/mol. The summed E-state index contributed by atoms with van der Waals surface area (Å²) in [5.41, 5.74) is 11.6. The number of nitrogens with two attached hydrogens (primary N) is 2. The van der Waals surface area contributed by atoms with Gasteiger partial charge >= 0.3 is 0 Å². The summed E-state index contributed by atoms with van der Waals surface area (Å²) in [6.07, 6.45) is -0.139. The van der Waals surface area contributed by atoms with Crippen LogP contribution >= 0.6 is 0 Å². The van der Waals surface area contributed by atoms with E-state index in [1.165, 1.54) is 0 Å². The van der Waals surface area contributed by atoms with Gasteiger partial charge < -0.3 is 21.7 Å². The smallest absolute Gasteiger partial charge is 0.237 e. The first-order valence-electron chi connectivity index (χ1n) is 6.08. The average molecular weight is 264 g/mol. The first-order chi connectivity index (χ1) is 9.00. The molecule has 0 aromatic heterocycles. The maximum Gasteiger partial charge on any atom is 0.237 e. The SMILES string of the molecule is CN(CCNC(=O)C(N)CC(N)=O)c1ccccc1. The zero-order chi connectivity index (χ0) is 14.3. The molecule has 19 heavy (non-hydrogen) atoms. The van der Waals surface area contributed by atoms with Crippen molar-refractivity contribution in [3.05, 3.63) is 30.3 Å². The fourth-order valence-corrected chi connectivity index (χ4v) is 1.60. The number of rotatable bonds is 7. The van der Waals surface area contributed by atoms with Gasteiger partial charge in [-0.2, -0.15) is 0 Å². The quantitative estimate of drug-likeness (QED) is 0.614. The van der Waals surface area contributed by atoms with Crippen LogP contribution in [-0.2, 0) is 9.59 Å². The molecule has 104 valence electrons. The number of nitrogens with one attached hydrogen (secondary N) is 1. The third-order valence-corrected chi connectivity index (χ3v) is 2.70. The minimum atomic E-state index is -0.875. The molecule has 5 N–H and O–H groups in total. The average Bonchev–Trinajstić information content (AvgIpc) is 2.38. The van der Waals surface area contributed by atoms with Crippen molar-refractivity contribution < 1.29 is 9.59 Å². The molecule has 0 bridgehead atoms. The van der Waals surface area contributed by atoms with Gasteiger partial charge in [0.1, 0.15) is 0 Å². The number of benzene rings is 1. The van der Waals surface area contributed by atoms with Crippen LogP contribution in [0.1, 0.15) is 6.42 Å². The molecule has 6 nitrogen and oxygen atoms in total. The lowest BCUT2D eigenvalue weighted by molar-refractivity contribution is -0.126. The molecule has 0 heterocycles. The van der Waals surface area contributed by atoms with Gasteiger partial charge in [0.05, 0.1) is 12.5 Å². The Labute approximate surface area is 112 Å². The van der Waals surface area contributed by atoms with Crippen molar-refractivity contribution in [3.8, 4) is 0 Å². The Kier molecular flexibility index (Phi) is 5.81. The normalized spacial score (nSPS) is 11.7. The predicted octanol–water partition coefficient (Wildman–Crippen LogP) is -0.558. The van der Waals surface area contributed by atoms with E-state index in [9.17, 15) is 9.59 Å². The molecule has 0 spiro atoms. The Hall–Kier alpha value is -2.08. The minimum absolute atomic E-state index is 0.139. The number of likely N-dealkylation sites (N-methyl/N-ethyl adjacent to an activating group) is 1. The fourth-order valence-electron chi connectivity index (χ4n) is 1.60. The van der Waals surface area contributed by atoms with Crippen molar-refractivity contribution in [2.24, 2.45) is 11.5 Å². The van der Waals surface area contributed by atoms with E-state index in [2.05, 4.69) is 5.32 Å². The van der Waals surface area contributed by atoms with Crippen molar-refractivity contribution in [3.63, 3.8) is 0 Å². The molecule has 0 fully saturated rings. The van der Waals surface area contributed by atoms with Crippen LogP contribution in [0.4, 0.5) is 5.69 Å². The molecule has 1 rings (SSSR count). The summed E-state index contributed by atoms with van der Waals surface area (Å²) < 4.78 is 0. The van der Waals surface area contributed by atoms with Crippen LogP contribution in [0.3, 0.4) is 0 Å². The summed E-state index contributed by atoms with van der Waals surface area (Å²) in [5.74, 6) is -0.940. The summed E-state index contributed by atoms with van der Waals surface area (Å²) in [4.78, 5) is 24.2. The first kappa shape index (κ1) is 15.0. The Balaban J connectivity index is 2.30. The van der Waals surface area contributed by atoms with E-state index in [4.69, 9.17) is 11.5 Å². The van der Waals surface area contributed by atoms with E-state index in [0.717, 1.165) is 5.69 Å².